The van der Waals surface area contributed by atoms with E-state index in [1.165, 1.54) is 0 Å². The molecule has 0 aliphatic rings. The minimum Gasteiger partial charge on any atom is -0.464 e. The molecule has 1 atom stereocenters. The van der Waals surface area contributed by atoms with Gasteiger partial charge >= 0.3 is 6.01 Å². The maximum atomic E-state index is 5.77. The molecule has 1 N–H and O–H groups in total. The van der Waals surface area contributed by atoms with E-state index in [2.05, 4.69) is 20.3 Å². The number of hydrogen-bond acceptors (Lipinski definition) is 6. The number of ether oxygens (including phenoxy) is 2. The van der Waals surface area contributed by atoms with Gasteiger partial charge in [0.2, 0.25) is 11.2 Å². The molecule has 1 heterocycles. The number of anilines is 1. The highest BCUT2D eigenvalue weighted by atomic mass is 35.5. The van der Waals surface area contributed by atoms with Crippen molar-refractivity contribution in [3.8, 4) is 6.01 Å². The molecule has 0 spiro atoms. The molecule has 0 aromatic carbocycles. The molecule has 1 unspecified atom stereocenters. The van der Waals surface area contributed by atoms with Crippen LogP contribution in [0.5, 0.6) is 6.01 Å². The molecule has 1 aromatic rings. The van der Waals surface area contributed by atoms with Crippen LogP contribution in [0.1, 0.15) is 20.3 Å². The van der Waals surface area contributed by atoms with Crippen molar-refractivity contribution in [2.45, 2.75) is 26.3 Å². The highest BCUT2D eigenvalue weighted by Gasteiger charge is 2.08. The number of nitrogens with one attached hydrogen (secondary N) is 1. The van der Waals surface area contributed by atoms with Crippen LogP contribution < -0.4 is 10.1 Å². The van der Waals surface area contributed by atoms with Gasteiger partial charge < -0.3 is 14.8 Å². The maximum Gasteiger partial charge on any atom is 0.322 e. The molecule has 0 amide bonds. The van der Waals surface area contributed by atoms with Crippen molar-refractivity contribution in [3.63, 3.8) is 0 Å². The van der Waals surface area contributed by atoms with E-state index in [1.54, 1.807) is 7.11 Å². The number of aromatic nitrogens is 3. The second kappa shape index (κ2) is 7.24. The van der Waals surface area contributed by atoms with Gasteiger partial charge in [0.1, 0.15) is 0 Å². The summed E-state index contributed by atoms with van der Waals surface area (Å²) in [6, 6.07) is 0.414. The molecule has 6 nitrogen and oxygen atoms in total. The standard InChI is InChI=1S/C10H17ClN4O2/c1-4-17-10-14-8(11)13-9(15-10)12-7(2)5-6-16-3/h7H,4-6H2,1-3H3,(H,12,13,14,15). The Morgan fingerprint density at radius 3 is 2.76 bits per heavy atom. The van der Waals surface area contributed by atoms with Gasteiger partial charge in [0.15, 0.2) is 0 Å². The van der Waals surface area contributed by atoms with Gasteiger partial charge in [0.05, 0.1) is 6.61 Å². The average Bonchev–Trinajstić information content (AvgIpc) is 2.26. The Morgan fingerprint density at radius 2 is 2.12 bits per heavy atom. The molecule has 0 radical (unpaired) electrons. The van der Waals surface area contributed by atoms with E-state index in [1.807, 2.05) is 13.8 Å². The van der Waals surface area contributed by atoms with Crippen molar-refractivity contribution >= 4 is 17.5 Å². The second-order valence-corrected chi connectivity index (χ2v) is 3.81. The van der Waals surface area contributed by atoms with Crippen LogP contribution >= 0.6 is 11.6 Å². The van der Waals surface area contributed by atoms with Crippen molar-refractivity contribution in [1.82, 2.24) is 15.0 Å². The predicted molar refractivity (Wildman–Crippen MR) is 65.6 cm³/mol. The van der Waals surface area contributed by atoms with Gasteiger partial charge in [-0.25, -0.2) is 0 Å². The van der Waals surface area contributed by atoms with E-state index in [0.717, 1.165) is 6.42 Å². The number of hydrogen-bond donors (Lipinski definition) is 1. The molecule has 96 valence electrons. The van der Waals surface area contributed by atoms with Gasteiger partial charge in [0, 0.05) is 19.8 Å². The van der Waals surface area contributed by atoms with Crippen LogP contribution in [-0.2, 0) is 4.74 Å². The Morgan fingerprint density at radius 1 is 1.35 bits per heavy atom. The fourth-order valence-electron chi connectivity index (χ4n) is 1.18. The molecule has 0 aliphatic carbocycles. The monoisotopic (exact) mass is 260 g/mol. The van der Waals surface area contributed by atoms with Gasteiger partial charge in [-0.1, -0.05) is 0 Å². The Labute approximate surface area is 106 Å². The summed E-state index contributed by atoms with van der Waals surface area (Å²) in [6.45, 7) is 5.02. The highest BCUT2D eigenvalue weighted by Crippen LogP contribution is 2.12. The fourth-order valence-corrected chi connectivity index (χ4v) is 1.33. The van der Waals surface area contributed by atoms with E-state index in [4.69, 9.17) is 21.1 Å². The SMILES string of the molecule is CCOc1nc(Cl)nc(NC(C)CCOC)n1. The van der Waals surface area contributed by atoms with Gasteiger partial charge in [-0.2, -0.15) is 15.0 Å². The molecule has 0 fully saturated rings. The van der Waals surface area contributed by atoms with Gasteiger partial charge in [-0.15, -0.1) is 0 Å². The van der Waals surface area contributed by atoms with Crippen LogP contribution in [0.15, 0.2) is 0 Å². The molecule has 0 saturated carbocycles. The lowest BCUT2D eigenvalue weighted by atomic mass is 10.2. The molecular formula is C10H17ClN4O2. The van der Waals surface area contributed by atoms with Crippen molar-refractivity contribution in [2.75, 3.05) is 25.6 Å². The lowest BCUT2D eigenvalue weighted by molar-refractivity contribution is 0.191. The smallest absolute Gasteiger partial charge is 0.322 e. The first-order valence-electron chi connectivity index (χ1n) is 5.45. The van der Waals surface area contributed by atoms with Crippen LogP contribution in [0.4, 0.5) is 5.95 Å². The second-order valence-electron chi connectivity index (χ2n) is 3.47. The molecular weight excluding hydrogens is 244 g/mol. The quantitative estimate of drug-likeness (QED) is 0.806. The van der Waals surface area contributed by atoms with E-state index in [-0.39, 0.29) is 17.3 Å². The molecule has 1 rings (SSSR count). The zero-order valence-electron chi connectivity index (χ0n) is 10.2. The van der Waals surface area contributed by atoms with Crippen molar-refractivity contribution < 1.29 is 9.47 Å². The minimum absolute atomic E-state index is 0.116. The summed E-state index contributed by atoms with van der Waals surface area (Å²) in [4.78, 5) is 11.9. The van der Waals surface area contributed by atoms with Crippen LogP contribution in [0, 0.1) is 0 Å². The number of methoxy groups -OCH3 is 1. The lowest BCUT2D eigenvalue weighted by Crippen LogP contribution is -2.19. The number of rotatable bonds is 7. The van der Waals surface area contributed by atoms with Crippen molar-refractivity contribution in [2.24, 2.45) is 0 Å². The first-order chi connectivity index (χ1) is 8.15. The summed E-state index contributed by atoms with van der Waals surface area (Å²) in [6.07, 6.45) is 0.851. The van der Waals surface area contributed by atoms with Gasteiger partial charge in [-0.3, -0.25) is 0 Å². The normalized spacial score (nSPS) is 12.2. The van der Waals surface area contributed by atoms with E-state index in [9.17, 15) is 0 Å². The van der Waals surface area contributed by atoms with Crippen LogP contribution in [0.25, 0.3) is 0 Å². The van der Waals surface area contributed by atoms with Crippen molar-refractivity contribution in [1.29, 1.82) is 0 Å². The number of nitrogens with zero attached hydrogens (tertiary/aromatic N) is 3. The first-order valence-corrected chi connectivity index (χ1v) is 5.83. The van der Waals surface area contributed by atoms with Crippen LogP contribution in [0.3, 0.4) is 0 Å². The third-order valence-electron chi connectivity index (χ3n) is 1.99. The Balaban J connectivity index is 2.63. The molecule has 0 aliphatic heterocycles. The minimum atomic E-state index is 0.116. The average molecular weight is 261 g/mol. The molecule has 0 bridgehead atoms. The lowest BCUT2D eigenvalue weighted by Gasteiger charge is -2.13. The largest absolute Gasteiger partial charge is 0.464 e. The Kier molecular flexibility index (Phi) is 5.93. The third kappa shape index (κ3) is 5.14. The molecule has 17 heavy (non-hydrogen) atoms. The van der Waals surface area contributed by atoms with Gasteiger partial charge in [0.25, 0.3) is 0 Å². The van der Waals surface area contributed by atoms with E-state index < -0.39 is 0 Å². The molecule has 0 saturated heterocycles. The summed E-state index contributed by atoms with van der Waals surface area (Å²) in [5.74, 6) is 0.414. The summed E-state index contributed by atoms with van der Waals surface area (Å²) in [7, 11) is 1.67. The summed E-state index contributed by atoms with van der Waals surface area (Å²) in [5, 5.41) is 3.23. The summed E-state index contributed by atoms with van der Waals surface area (Å²) < 4.78 is 10.2. The third-order valence-corrected chi connectivity index (χ3v) is 2.16. The van der Waals surface area contributed by atoms with Crippen LogP contribution in [-0.4, -0.2) is 41.3 Å². The molecule has 7 heteroatoms. The Bertz CT molecular complexity index is 351. The van der Waals surface area contributed by atoms with Gasteiger partial charge in [-0.05, 0) is 31.9 Å². The Hall–Kier alpha value is -1.14. The highest BCUT2D eigenvalue weighted by molar-refractivity contribution is 6.28. The fraction of sp³-hybridized carbons (Fsp3) is 0.700. The first kappa shape index (κ1) is 13.9. The summed E-state index contributed by atoms with van der Waals surface area (Å²) >= 11 is 5.77. The van der Waals surface area contributed by atoms with Crippen molar-refractivity contribution in [3.05, 3.63) is 5.28 Å². The van der Waals surface area contributed by atoms with E-state index in [0.29, 0.717) is 19.2 Å². The number of halogens is 1. The maximum absolute atomic E-state index is 5.77. The molecule has 1 aromatic heterocycles. The zero-order valence-corrected chi connectivity index (χ0v) is 11.0. The topological polar surface area (TPSA) is 69.2 Å². The predicted octanol–water partition coefficient (Wildman–Crippen LogP) is 1.76. The zero-order chi connectivity index (χ0) is 12.7. The summed E-state index contributed by atoms with van der Waals surface area (Å²) in [5.41, 5.74) is 0. The van der Waals surface area contributed by atoms with Crippen LogP contribution in [0.2, 0.25) is 5.28 Å². The van der Waals surface area contributed by atoms with E-state index >= 15 is 0 Å².